The summed E-state index contributed by atoms with van der Waals surface area (Å²) < 4.78 is 0. The molecule has 0 heterocycles. The molecule has 2 N–H and O–H groups in total. The van der Waals surface area contributed by atoms with Crippen LogP contribution in [0.5, 0.6) is 0 Å². The molecule has 1 atom stereocenters. The summed E-state index contributed by atoms with van der Waals surface area (Å²) in [6.07, 6.45) is 0.0460. The zero-order chi connectivity index (χ0) is 20.8. The quantitative estimate of drug-likeness (QED) is 0.522. The monoisotopic (exact) mass is 426 g/mol. The van der Waals surface area contributed by atoms with E-state index in [1.807, 2.05) is 43.3 Å². The van der Waals surface area contributed by atoms with Crippen molar-refractivity contribution in [3.8, 4) is 0 Å². The highest BCUT2D eigenvalue weighted by Crippen LogP contribution is 2.25. The number of aryl methyl sites for hydroxylation is 1. The summed E-state index contributed by atoms with van der Waals surface area (Å²) in [6, 6.07) is 21.0. The molecule has 4 nitrogen and oxygen atoms in total. The molecule has 0 aliphatic heterocycles. The van der Waals surface area contributed by atoms with Gasteiger partial charge in [0.25, 0.3) is 5.91 Å². The Kier molecular flexibility index (Phi) is 6.91. The first-order valence-electron chi connectivity index (χ1n) is 9.10. The number of halogens is 2. The van der Waals surface area contributed by atoms with Crippen molar-refractivity contribution >= 4 is 40.7 Å². The summed E-state index contributed by atoms with van der Waals surface area (Å²) in [6.45, 7) is 1.92. The Morgan fingerprint density at radius 1 is 0.897 bits per heavy atom. The van der Waals surface area contributed by atoms with Crippen molar-refractivity contribution in [2.75, 3.05) is 5.32 Å². The van der Waals surface area contributed by atoms with Crippen molar-refractivity contribution in [3.05, 3.63) is 99.5 Å². The SMILES string of the molecule is Cc1ccc(NC(=O)CC(NC(=O)c2ccccc2Cl)c2ccccc2)c(Cl)c1. The van der Waals surface area contributed by atoms with Gasteiger partial charge in [-0.15, -0.1) is 0 Å². The van der Waals surface area contributed by atoms with Crippen LogP contribution in [0.4, 0.5) is 5.69 Å². The molecule has 0 fully saturated rings. The molecule has 0 bridgehead atoms. The van der Waals surface area contributed by atoms with Crippen molar-refractivity contribution < 1.29 is 9.59 Å². The van der Waals surface area contributed by atoms with Crippen LogP contribution in [0.2, 0.25) is 10.0 Å². The molecule has 3 aromatic carbocycles. The maximum Gasteiger partial charge on any atom is 0.253 e. The minimum atomic E-state index is -0.524. The number of hydrogen-bond acceptors (Lipinski definition) is 2. The number of anilines is 1. The van der Waals surface area contributed by atoms with Gasteiger partial charge in [0.2, 0.25) is 5.91 Å². The van der Waals surface area contributed by atoms with Crippen LogP contribution in [0.15, 0.2) is 72.8 Å². The summed E-state index contributed by atoms with van der Waals surface area (Å²) >= 11 is 12.3. The van der Waals surface area contributed by atoms with Gasteiger partial charge in [0.1, 0.15) is 0 Å². The third-order valence-corrected chi connectivity index (χ3v) is 5.06. The minimum Gasteiger partial charge on any atom is -0.345 e. The molecular weight excluding hydrogens is 407 g/mol. The number of benzene rings is 3. The second-order valence-corrected chi connectivity index (χ2v) is 7.47. The molecular formula is C23H20Cl2N2O2. The molecule has 0 spiro atoms. The van der Waals surface area contributed by atoms with Gasteiger partial charge in [-0.1, -0.05) is 71.7 Å². The number of nitrogens with one attached hydrogen (secondary N) is 2. The zero-order valence-electron chi connectivity index (χ0n) is 15.8. The van der Waals surface area contributed by atoms with Gasteiger partial charge in [-0.25, -0.2) is 0 Å². The lowest BCUT2D eigenvalue weighted by atomic mass is 10.0. The van der Waals surface area contributed by atoms with Crippen molar-refractivity contribution in [2.24, 2.45) is 0 Å². The van der Waals surface area contributed by atoms with E-state index < -0.39 is 6.04 Å². The van der Waals surface area contributed by atoms with E-state index in [-0.39, 0.29) is 18.2 Å². The Bertz CT molecular complexity index is 1020. The van der Waals surface area contributed by atoms with Crippen LogP contribution in [-0.2, 0) is 4.79 Å². The maximum absolute atomic E-state index is 12.7. The first-order chi connectivity index (χ1) is 13.9. The Labute approximate surface area is 179 Å². The largest absolute Gasteiger partial charge is 0.345 e. The van der Waals surface area contributed by atoms with Gasteiger partial charge >= 0.3 is 0 Å². The Balaban J connectivity index is 1.78. The van der Waals surface area contributed by atoms with Crippen molar-refractivity contribution in [1.29, 1.82) is 0 Å². The van der Waals surface area contributed by atoms with Gasteiger partial charge in [0.15, 0.2) is 0 Å². The maximum atomic E-state index is 12.7. The van der Waals surface area contributed by atoms with E-state index in [1.54, 1.807) is 36.4 Å². The summed E-state index contributed by atoms with van der Waals surface area (Å²) in [5.41, 5.74) is 2.71. The van der Waals surface area contributed by atoms with E-state index in [2.05, 4.69) is 10.6 Å². The molecule has 0 aliphatic carbocycles. The fourth-order valence-corrected chi connectivity index (χ4v) is 3.43. The fraction of sp³-hybridized carbons (Fsp3) is 0.130. The number of hydrogen-bond donors (Lipinski definition) is 2. The average molecular weight is 427 g/mol. The van der Waals surface area contributed by atoms with Gasteiger partial charge in [-0.2, -0.15) is 0 Å². The second-order valence-electron chi connectivity index (χ2n) is 6.65. The second kappa shape index (κ2) is 9.59. The normalized spacial score (nSPS) is 11.6. The molecule has 3 aromatic rings. The molecule has 148 valence electrons. The first-order valence-corrected chi connectivity index (χ1v) is 9.86. The van der Waals surface area contributed by atoms with Gasteiger partial charge in [-0.3, -0.25) is 9.59 Å². The van der Waals surface area contributed by atoms with Crippen LogP contribution in [-0.4, -0.2) is 11.8 Å². The number of carbonyl (C=O) groups is 2. The predicted octanol–water partition coefficient (Wildman–Crippen LogP) is 5.80. The van der Waals surface area contributed by atoms with Crippen LogP contribution in [0.3, 0.4) is 0 Å². The lowest BCUT2D eigenvalue weighted by Gasteiger charge is -2.20. The molecule has 0 radical (unpaired) electrons. The van der Waals surface area contributed by atoms with Gasteiger partial charge < -0.3 is 10.6 Å². The lowest BCUT2D eigenvalue weighted by Crippen LogP contribution is -2.31. The molecule has 2 amide bonds. The molecule has 0 saturated carbocycles. The van der Waals surface area contributed by atoms with Gasteiger partial charge in [-0.05, 0) is 42.3 Å². The van der Waals surface area contributed by atoms with E-state index >= 15 is 0 Å². The molecule has 0 saturated heterocycles. The summed E-state index contributed by atoms with van der Waals surface area (Å²) in [4.78, 5) is 25.4. The van der Waals surface area contributed by atoms with Gasteiger partial charge in [0.05, 0.1) is 33.8 Å². The van der Waals surface area contributed by atoms with Crippen LogP contribution in [0.25, 0.3) is 0 Å². The molecule has 6 heteroatoms. The highest BCUT2D eigenvalue weighted by Gasteiger charge is 2.21. The van der Waals surface area contributed by atoms with Crippen LogP contribution in [0.1, 0.15) is 33.9 Å². The van der Waals surface area contributed by atoms with Crippen LogP contribution in [0, 0.1) is 6.92 Å². The van der Waals surface area contributed by atoms with Crippen LogP contribution >= 0.6 is 23.2 Å². The molecule has 0 aliphatic rings. The van der Waals surface area contributed by atoms with E-state index in [0.29, 0.717) is 21.3 Å². The minimum absolute atomic E-state index is 0.0460. The Morgan fingerprint density at radius 2 is 1.59 bits per heavy atom. The number of carbonyl (C=O) groups excluding carboxylic acids is 2. The van der Waals surface area contributed by atoms with Crippen molar-refractivity contribution in [3.63, 3.8) is 0 Å². The first kappa shape index (κ1) is 20.9. The zero-order valence-corrected chi connectivity index (χ0v) is 17.3. The topological polar surface area (TPSA) is 58.2 Å². The summed E-state index contributed by atoms with van der Waals surface area (Å²) in [7, 11) is 0. The smallest absolute Gasteiger partial charge is 0.253 e. The van der Waals surface area contributed by atoms with Gasteiger partial charge in [0, 0.05) is 0 Å². The van der Waals surface area contributed by atoms with Crippen molar-refractivity contribution in [1.82, 2.24) is 5.32 Å². The average Bonchev–Trinajstić information content (AvgIpc) is 2.70. The Morgan fingerprint density at radius 3 is 2.28 bits per heavy atom. The highest BCUT2D eigenvalue weighted by atomic mass is 35.5. The molecule has 0 aromatic heterocycles. The Hall–Kier alpha value is -2.82. The molecule has 3 rings (SSSR count). The lowest BCUT2D eigenvalue weighted by molar-refractivity contribution is -0.116. The van der Waals surface area contributed by atoms with E-state index in [4.69, 9.17) is 23.2 Å². The third kappa shape index (κ3) is 5.59. The van der Waals surface area contributed by atoms with E-state index in [0.717, 1.165) is 11.1 Å². The molecule has 29 heavy (non-hydrogen) atoms. The fourth-order valence-electron chi connectivity index (χ4n) is 2.93. The van der Waals surface area contributed by atoms with E-state index in [1.165, 1.54) is 0 Å². The predicted molar refractivity (Wildman–Crippen MR) is 118 cm³/mol. The summed E-state index contributed by atoms with van der Waals surface area (Å²) in [5, 5.41) is 6.55. The highest BCUT2D eigenvalue weighted by molar-refractivity contribution is 6.34. The van der Waals surface area contributed by atoms with Crippen molar-refractivity contribution in [2.45, 2.75) is 19.4 Å². The van der Waals surface area contributed by atoms with E-state index in [9.17, 15) is 9.59 Å². The number of rotatable bonds is 6. The van der Waals surface area contributed by atoms with Crippen LogP contribution < -0.4 is 10.6 Å². The summed E-state index contributed by atoms with van der Waals surface area (Å²) in [5.74, 6) is -0.602. The third-order valence-electron chi connectivity index (χ3n) is 4.41. The standard InChI is InChI=1S/C23H20Cl2N2O2/c1-15-11-12-20(19(25)13-15)26-22(28)14-21(16-7-3-2-4-8-16)27-23(29)17-9-5-6-10-18(17)24/h2-13,21H,14H2,1H3,(H,26,28)(H,27,29). The number of amides is 2. The molecule has 1 unspecified atom stereocenters.